The van der Waals surface area contributed by atoms with E-state index in [1.54, 1.807) is 6.07 Å². The molecule has 0 saturated heterocycles. The molecule has 0 N–H and O–H groups in total. The van der Waals surface area contributed by atoms with E-state index < -0.39 is 12.2 Å². The monoisotopic (exact) mass is 376 g/mol. The van der Waals surface area contributed by atoms with Crippen LogP contribution in [0.15, 0.2) is 6.07 Å². The van der Waals surface area contributed by atoms with Crippen molar-refractivity contribution in [3.05, 3.63) is 20.9 Å². The van der Waals surface area contributed by atoms with Crippen LogP contribution in [-0.4, -0.2) is 11.3 Å². The highest BCUT2D eigenvalue weighted by Gasteiger charge is 2.33. The molecule has 0 saturated carbocycles. The van der Waals surface area contributed by atoms with Gasteiger partial charge in [-0.2, -0.15) is 5.26 Å². The Balaban J connectivity index is 3.23. The van der Waals surface area contributed by atoms with Gasteiger partial charge in [0.1, 0.15) is 0 Å². The van der Waals surface area contributed by atoms with Crippen LogP contribution in [0.4, 0.5) is 13.2 Å². The van der Waals surface area contributed by atoms with E-state index in [1.807, 2.05) is 22.6 Å². The fourth-order valence-corrected chi connectivity index (χ4v) is 1.99. The van der Waals surface area contributed by atoms with Crippen LogP contribution in [0.2, 0.25) is 0 Å². The lowest BCUT2D eigenvalue weighted by Crippen LogP contribution is -2.19. The second kappa shape index (κ2) is 5.73. The summed E-state index contributed by atoms with van der Waals surface area (Å²) in [6.07, 6.45) is -5.05. The maximum absolute atomic E-state index is 12.1. The Kier molecular flexibility index (Phi) is 4.82. The molecule has 17 heavy (non-hydrogen) atoms. The van der Waals surface area contributed by atoms with E-state index in [-0.39, 0.29) is 23.6 Å². The topological polar surface area (TPSA) is 45.9 Å². The zero-order valence-corrected chi connectivity index (χ0v) is 11.1. The molecule has 0 radical (unpaired) electrons. The van der Waals surface area contributed by atoms with E-state index in [9.17, 15) is 13.2 Å². The van der Waals surface area contributed by atoms with Crippen LogP contribution < -0.4 is 4.74 Å². The lowest BCUT2D eigenvalue weighted by atomic mass is 10.2. The normalized spacial score (nSPS) is 11.1. The quantitative estimate of drug-likeness (QED) is 0.600. The molecule has 0 bridgehead atoms. The standard InChI is InChI=1S/C9H5ClF3IN2O/c10-4-5-3-7(14)6(1-2-15)8(16-5)17-9(11,12)13/h3H,1,4H2. The molecule has 0 fully saturated rings. The van der Waals surface area contributed by atoms with Crippen molar-refractivity contribution in [2.45, 2.75) is 18.7 Å². The van der Waals surface area contributed by atoms with Gasteiger partial charge in [-0.3, -0.25) is 0 Å². The van der Waals surface area contributed by atoms with Crippen molar-refractivity contribution in [1.29, 1.82) is 5.26 Å². The number of nitriles is 1. The van der Waals surface area contributed by atoms with Crippen molar-refractivity contribution < 1.29 is 17.9 Å². The molecular formula is C9H5ClF3IN2O. The molecule has 0 amide bonds. The van der Waals surface area contributed by atoms with E-state index >= 15 is 0 Å². The predicted molar refractivity (Wildman–Crippen MR) is 62.5 cm³/mol. The highest BCUT2D eigenvalue weighted by molar-refractivity contribution is 14.1. The number of hydrogen-bond donors (Lipinski definition) is 0. The molecule has 0 spiro atoms. The maximum atomic E-state index is 12.1. The smallest absolute Gasteiger partial charge is 0.387 e. The molecule has 1 aromatic heterocycles. The minimum absolute atomic E-state index is 0.0307. The van der Waals surface area contributed by atoms with Gasteiger partial charge in [0.2, 0.25) is 5.88 Å². The molecule has 1 rings (SSSR count). The molecule has 1 heterocycles. The summed E-state index contributed by atoms with van der Waals surface area (Å²) >= 11 is 7.32. The summed E-state index contributed by atoms with van der Waals surface area (Å²) < 4.78 is 40.7. The molecule has 0 aliphatic heterocycles. The summed E-state index contributed by atoms with van der Waals surface area (Å²) in [5.74, 6) is -0.640. The van der Waals surface area contributed by atoms with Crippen molar-refractivity contribution in [2.24, 2.45) is 0 Å². The lowest BCUT2D eigenvalue weighted by Gasteiger charge is -2.13. The maximum Gasteiger partial charge on any atom is 0.574 e. The third kappa shape index (κ3) is 4.20. The summed E-state index contributed by atoms with van der Waals surface area (Å²) in [6.45, 7) is 0. The number of aromatic nitrogens is 1. The number of rotatable bonds is 3. The molecule has 8 heteroatoms. The first-order valence-corrected chi connectivity index (χ1v) is 5.85. The van der Waals surface area contributed by atoms with E-state index in [4.69, 9.17) is 16.9 Å². The Morgan fingerprint density at radius 2 is 2.18 bits per heavy atom. The van der Waals surface area contributed by atoms with Gasteiger partial charge in [0.05, 0.1) is 24.1 Å². The fraction of sp³-hybridized carbons (Fsp3) is 0.333. The van der Waals surface area contributed by atoms with Crippen LogP contribution >= 0.6 is 34.2 Å². The van der Waals surface area contributed by atoms with Crippen molar-refractivity contribution in [2.75, 3.05) is 0 Å². The SMILES string of the molecule is N#CCc1c(I)cc(CCl)nc1OC(F)(F)F. The summed E-state index contributed by atoms with van der Waals surface area (Å²) in [5, 5.41) is 8.55. The van der Waals surface area contributed by atoms with E-state index in [2.05, 4.69) is 9.72 Å². The van der Waals surface area contributed by atoms with Gasteiger partial charge in [0.25, 0.3) is 0 Å². The number of alkyl halides is 4. The first-order valence-electron chi connectivity index (χ1n) is 4.24. The molecule has 0 aromatic carbocycles. The Morgan fingerprint density at radius 1 is 1.53 bits per heavy atom. The number of pyridine rings is 1. The van der Waals surface area contributed by atoms with Gasteiger partial charge >= 0.3 is 6.36 Å². The van der Waals surface area contributed by atoms with Crippen molar-refractivity contribution in [3.63, 3.8) is 0 Å². The fourth-order valence-electron chi connectivity index (χ4n) is 1.07. The summed E-state index contributed by atoms with van der Waals surface area (Å²) in [5.41, 5.74) is 0.372. The van der Waals surface area contributed by atoms with Crippen LogP contribution in [0.1, 0.15) is 11.3 Å². The average molecular weight is 377 g/mol. The number of halogens is 5. The van der Waals surface area contributed by atoms with Crippen LogP contribution in [0.25, 0.3) is 0 Å². The number of ether oxygens (including phenoxy) is 1. The summed E-state index contributed by atoms with van der Waals surface area (Å²) in [7, 11) is 0. The Labute approximate surface area is 114 Å². The molecular weight excluding hydrogens is 371 g/mol. The zero-order chi connectivity index (χ0) is 13.1. The molecule has 3 nitrogen and oxygen atoms in total. The number of hydrogen-bond acceptors (Lipinski definition) is 3. The van der Waals surface area contributed by atoms with Crippen LogP contribution in [0.3, 0.4) is 0 Å². The van der Waals surface area contributed by atoms with E-state index in [0.29, 0.717) is 3.57 Å². The largest absolute Gasteiger partial charge is 0.574 e. The van der Waals surface area contributed by atoms with Crippen molar-refractivity contribution in [3.8, 4) is 11.9 Å². The number of nitrogens with zero attached hydrogens (tertiary/aromatic N) is 2. The second-order valence-corrected chi connectivity index (χ2v) is 4.32. The Bertz CT molecular complexity index is 459. The van der Waals surface area contributed by atoms with Gasteiger partial charge in [0.15, 0.2) is 0 Å². The second-order valence-electron chi connectivity index (χ2n) is 2.90. The minimum Gasteiger partial charge on any atom is -0.387 e. The van der Waals surface area contributed by atoms with E-state index in [1.165, 1.54) is 6.07 Å². The van der Waals surface area contributed by atoms with E-state index in [0.717, 1.165) is 0 Å². The van der Waals surface area contributed by atoms with Gasteiger partial charge in [0, 0.05) is 9.13 Å². The van der Waals surface area contributed by atoms with Gasteiger partial charge in [-0.1, -0.05) is 0 Å². The van der Waals surface area contributed by atoms with Crippen molar-refractivity contribution >= 4 is 34.2 Å². The molecule has 0 unspecified atom stereocenters. The highest BCUT2D eigenvalue weighted by atomic mass is 127. The molecule has 0 aliphatic carbocycles. The summed E-state index contributed by atoms with van der Waals surface area (Å²) in [4.78, 5) is 3.63. The minimum atomic E-state index is -4.84. The molecule has 1 aromatic rings. The van der Waals surface area contributed by atoms with Gasteiger partial charge in [-0.05, 0) is 28.7 Å². The van der Waals surface area contributed by atoms with Gasteiger partial charge < -0.3 is 4.74 Å². The molecule has 0 aliphatic rings. The molecule has 0 atom stereocenters. The van der Waals surface area contributed by atoms with Gasteiger partial charge in [-0.25, -0.2) is 4.98 Å². The highest BCUT2D eigenvalue weighted by Crippen LogP contribution is 2.29. The van der Waals surface area contributed by atoms with Crippen LogP contribution in [0, 0.1) is 14.9 Å². The predicted octanol–water partition coefficient (Wildman–Crippen LogP) is 3.39. The third-order valence-electron chi connectivity index (χ3n) is 1.69. The van der Waals surface area contributed by atoms with Crippen molar-refractivity contribution in [1.82, 2.24) is 4.98 Å². The Morgan fingerprint density at radius 3 is 2.65 bits per heavy atom. The first-order chi connectivity index (χ1) is 7.87. The molecule has 92 valence electrons. The average Bonchev–Trinajstić information content (AvgIpc) is 2.20. The summed E-state index contributed by atoms with van der Waals surface area (Å²) in [6, 6.07) is 3.28. The van der Waals surface area contributed by atoms with Crippen LogP contribution in [0.5, 0.6) is 5.88 Å². The Hall–Kier alpha value is -0.750. The van der Waals surface area contributed by atoms with Crippen LogP contribution in [-0.2, 0) is 12.3 Å². The van der Waals surface area contributed by atoms with Gasteiger partial charge in [-0.15, -0.1) is 24.8 Å². The lowest BCUT2D eigenvalue weighted by molar-refractivity contribution is -0.276. The zero-order valence-electron chi connectivity index (χ0n) is 8.18. The third-order valence-corrected chi connectivity index (χ3v) is 2.93. The first kappa shape index (κ1) is 14.3.